The van der Waals surface area contributed by atoms with E-state index in [4.69, 9.17) is 14.6 Å². The number of hydrogen-bond donors (Lipinski definition) is 4. The fourth-order valence-corrected chi connectivity index (χ4v) is 1.62. The summed E-state index contributed by atoms with van der Waals surface area (Å²) in [4.78, 5) is 0. The smallest absolute Gasteiger partial charge is 0.184 e. The van der Waals surface area contributed by atoms with Gasteiger partial charge in [0.15, 0.2) is 6.29 Å². The van der Waals surface area contributed by atoms with Gasteiger partial charge in [-0.3, -0.25) is 0 Å². The Morgan fingerprint density at radius 2 is 1.88 bits per heavy atom. The van der Waals surface area contributed by atoms with Gasteiger partial charge in [0.25, 0.3) is 0 Å². The van der Waals surface area contributed by atoms with Crippen LogP contribution in [0.4, 0.5) is 0 Å². The zero-order chi connectivity index (χ0) is 12.1. The van der Waals surface area contributed by atoms with Crippen molar-refractivity contribution in [2.45, 2.75) is 50.5 Å². The zero-order valence-corrected chi connectivity index (χ0v) is 9.32. The number of aliphatic hydroxyl groups is 4. The van der Waals surface area contributed by atoms with Crippen molar-refractivity contribution in [2.75, 3.05) is 13.2 Å². The number of rotatable bonds is 5. The number of hydrogen-bond acceptors (Lipinski definition) is 6. The van der Waals surface area contributed by atoms with Crippen LogP contribution in [-0.2, 0) is 9.47 Å². The maximum absolute atomic E-state index is 9.68. The van der Waals surface area contributed by atoms with Gasteiger partial charge in [-0.2, -0.15) is 0 Å². The number of aliphatic hydroxyl groups excluding tert-OH is 4. The minimum absolute atomic E-state index is 0.384. The molecule has 0 unspecified atom stereocenters. The summed E-state index contributed by atoms with van der Waals surface area (Å²) in [6.45, 7) is 1.91. The predicted octanol–water partition coefficient (Wildman–Crippen LogP) is -1.40. The first-order chi connectivity index (χ1) is 7.61. The summed E-state index contributed by atoms with van der Waals surface area (Å²) in [5, 5.41) is 37.6. The van der Waals surface area contributed by atoms with E-state index in [2.05, 4.69) is 0 Å². The van der Waals surface area contributed by atoms with Gasteiger partial charge < -0.3 is 29.9 Å². The molecular weight excluding hydrogens is 216 g/mol. The molecule has 6 nitrogen and oxygen atoms in total. The molecule has 0 aromatic heterocycles. The second-order valence-corrected chi connectivity index (χ2v) is 3.92. The Balaban J connectivity index is 2.50. The van der Waals surface area contributed by atoms with Gasteiger partial charge in [-0.1, -0.05) is 13.3 Å². The third kappa shape index (κ3) is 3.13. The number of ether oxygens (including phenoxy) is 2. The van der Waals surface area contributed by atoms with E-state index in [0.29, 0.717) is 6.61 Å². The van der Waals surface area contributed by atoms with E-state index in [9.17, 15) is 15.3 Å². The van der Waals surface area contributed by atoms with E-state index in [0.717, 1.165) is 12.8 Å². The topological polar surface area (TPSA) is 99.4 Å². The molecule has 4 N–H and O–H groups in total. The first kappa shape index (κ1) is 13.8. The van der Waals surface area contributed by atoms with Crippen LogP contribution in [-0.4, -0.2) is 64.3 Å². The lowest BCUT2D eigenvalue weighted by Crippen LogP contribution is -2.59. The molecule has 1 heterocycles. The molecule has 1 aliphatic heterocycles. The molecule has 0 saturated carbocycles. The summed E-state index contributed by atoms with van der Waals surface area (Å²) in [6.07, 6.45) is -4.04. The van der Waals surface area contributed by atoms with Crippen molar-refractivity contribution >= 4 is 0 Å². The van der Waals surface area contributed by atoms with Crippen molar-refractivity contribution < 1.29 is 29.9 Å². The second-order valence-electron chi connectivity index (χ2n) is 3.92. The maximum atomic E-state index is 9.68. The Bertz CT molecular complexity index is 200. The van der Waals surface area contributed by atoms with Crippen LogP contribution in [0, 0.1) is 0 Å². The van der Waals surface area contributed by atoms with Crippen molar-refractivity contribution in [3.63, 3.8) is 0 Å². The van der Waals surface area contributed by atoms with Crippen LogP contribution in [0.1, 0.15) is 19.8 Å². The summed E-state index contributed by atoms with van der Waals surface area (Å²) in [6, 6.07) is 0. The van der Waals surface area contributed by atoms with Crippen LogP contribution in [0.3, 0.4) is 0 Å². The zero-order valence-electron chi connectivity index (χ0n) is 9.32. The fraction of sp³-hybridized carbons (Fsp3) is 1.00. The molecule has 0 aromatic carbocycles. The summed E-state index contributed by atoms with van der Waals surface area (Å²) < 4.78 is 10.2. The summed E-state index contributed by atoms with van der Waals surface area (Å²) in [5.74, 6) is 0. The Kier molecular flexibility index (Phi) is 5.60. The summed E-state index contributed by atoms with van der Waals surface area (Å²) in [7, 11) is 0. The van der Waals surface area contributed by atoms with Gasteiger partial charge in [-0.05, 0) is 6.42 Å². The van der Waals surface area contributed by atoms with E-state index in [1.807, 2.05) is 6.92 Å². The molecule has 1 saturated heterocycles. The van der Waals surface area contributed by atoms with E-state index in [-0.39, 0.29) is 0 Å². The lowest BCUT2D eigenvalue weighted by Gasteiger charge is -2.39. The molecule has 0 radical (unpaired) electrons. The first-order valence-corrected chi connectivity index (χ1v) is 5.54. The van der Waals surface area contributed by atoms with Gasteiger partial charge in [0.2, 0.25) is 0 Å². The normalized spacial score (nSPS) is 39.9. The van der Waals surface area contributed by atoms with E-state index in [1.54, 1.807) is 0 Å². The van der Waals surface area contributed by atoms with Crippen LogP contribution < -0.4 is 0 Å². The maximum Gasteiger partial charge on any atom is 0.184 e. The minimum atomic E-state index is -1.33. The van der Waals surface area contributed by atoms with Crippen molar-refractivity contribution in [1.82, 2.24) is 0 Å². The highest BCUT2D eigenvalue weighted by molar-refractivity contribution is 4.89. The van der Waals surface area contributed by atoms with Crippen LogP contribution >= 0.6 is 0 Å². The molecule has 1 aliphatic rings. The SMILES string of the molecule is CCCCO[C@@H]1[C@@H](O)[C@H](O)[C@@H](CO)O[C@H]1O. The molecule has 0 bridgehead atoms. The third-order valence-electron chi connectivity index (χ3n) is 2.65. The molecule has 6 heteroatoms. The standard InChI is InChI=1S/C10H20O6/c1-2-3-4-15-9-8(13)7(12)6(5-11)16-10(9)14/h6-14H,2-5H2,1H3/t6-,7-,8+,9-,10-/m1/s1. The van der Waals surface area contributed by atoms with Crippen molar-refractivity contribution in [1.29, 1.82) is 0 Å². The van der Waals surface area contributed by atoms with Crippen LogP contribution in [0.25, 0.3) is 0 Å². The average molecular weight is 236 g/mol. The molecule has 96 valence electrons. The predicted molar refractivity (Wildman–Crippen MR) is 54.6 cm³/mol. The second kappa shape index (κ2) is 6.48. The van der Waals surface area contributed by atoms with Gasteiger partial charge >= 0.3 is 0 Å². The van der Waals surface area contributed by atoms with Crippen LogP contribution in [0.2, 0.25) is 0 Å². The first-order valence-electron chi connectivity index (χ1n) is 5.54. The fourth-order valence-electron chi connectivity index (χ4n) is 1.62. The molecule has 16 heavy (non-hydrogen) atoms. The molecule has 0 aliphatic carbocycles. The molecule has 0 aromatic rings. The molecule has 5 atom stereocenters. The van der Waals surface area contributed by atoms with E-state index < -0.39 is 37.3 Å². The number of unbranched alkanes of at least 4 members (excludes halogenated alkanes) is 1. The lowest BCUT2D eigenvalue weighted by molar-refractivity contribution is -0.296. The van der Waals surface area contributed by atoms with E-state index >= 15 is 0 Å². The summed E-state index contributed by atoms with van der Waals surface area (Å²) >= 11 is 0. The molecule has 0 spiro atoms. The average Bonchev–Trinajstić information content (AvgIpc) is 2.28. The van der Waals surface area contributed by atoms with Crippen molar-refractivity contribution in [3.05, 3.63) is 0 Å². The Morgan fingerprint density at radius 3 is 2.44 bits per heavy atom. The Labute approximate surface area is 94.4 Å². The highest BCUT2D eigenvalue weighted by Gasteiger charge is 2.44. The van der Waals surface area contributed by atoms with Gasteiger partial charge in [-0.15, -0.1) is 0 Å². The Hall–Kier alpha value is -0.240. The minimum Gasteiger partial charge on any atom is -0.394 e. The molecule has 0 amide bonds. The Morgan fingerprint density at radius 1 is 1.19 bits per heavy atom. The molecule has 1 rings (SSSR count). The highest BCUT2D eigenvalue weighted by atomic mass is 16.7. The third-order valence-corrected chi connectivity index (χ3v) is 2.65. The largest absolute Gasteiger partial charge is 0.394 e. The van der Waals surface area contributed by atoms with E-state index in [1.165, 1.54) is 0 Å². The quantitative estimate of drug-likeness (QED) is 0.438. The monoisotopic (exact) mass is 236 g/mol. The van der Waals surface area contributed by atoms with Crippen LogP contribution in [0.15, 0.2) is 0 Å². The van der Waals surface area contributed by atoms with Crippen LogP contribution in [0.5, 0.6) is 0 Å². The highest BCUT2D eigenvalue weighted by Crippen LogP contribution is 2.22. The van der Waals surface area contributed by atoms with Crippen molar-refractivity contribution in [3.8, 4) is 0 Å². The van der Waals surface area contributed by atoms with Gasteiger partial charge in [-0.25, -0.2) is 0 Å². The molecule has 1 fully saturated rings. The molecular formula is C10H20O6. The summed E-state index contributed by atoms with van der Waals surface area (Å²) in [5.41, 5.74) is 0. The van der Waals surface area contributed by atoms with Gasteiger partial charge in [0.1, 0.15) is 24.4 Å². The van der Waals surface area contributed by atoms with Gasteiger partial charge in [0.05, 0.1) is 6.61 Å². The van der Waals surface area contributed by atoms with Gasteiger partial charge in [0, 0.05) is 6.61 Å². The van der Waals surface area contributed by atoms with Crippen molar-refractivity contribution in [2.24, 2.45) is 0 Å². The lowest BCUT2D eigenvalue weighted by atomic mass is 9.99.